The van der Waals surface area contributed by atoms with Crippen molar-refractivity contribution in [2.45, 2.75) is 0 Å². The van der Waals surface area contributed by atoms with Gasteiger partial charge in [0.15, 0.2) is 0 Å². The minimum Gasteiger partial charge on any atom is -0.240 e. The quantitative estimate of drug-likeness (QED) is 0.544. The molecule has 6 heteroatoms. The number of hydrogen-bond acceptors (Lipinski definition) is 4. The van der Waals surface area contributed by atoms with E-state index in [-0.39, 0.29) is 0 Å². The fourth-order valence-electron chi connectivity index (χ4n) is 2.40. The van der Waals surface area contributed by atoms with Crippen LogP contribution in [0.5, 0.6) is 0 Å². The van der Waals surface area contributed by atoms with Gasteiger partial charge in [-0.3, -0.25) is 0 Å². The molecular formula is C18H14N6. The van der Waals surface area contributed by atoms with Crippen LogP contribution in [0.2, 0.25) is 0 Å². The largest absolute Gasteiger partial charge is 0.240 e. The third-order valence-corrected chi connectivity index (χ3v) is 3.55. The van der Waals surface area contributed by atoms with Gasteiger partial charge in [0.2, 0.25) is 0 Å². The van der Waals surface area contributed by atoms with E-state index in [9.17, 15) is 0 Å². The third-order valence-electron chi connectivity index (χ3n) is 3.55. The van der Waals surface area contributed by atoms with Crippen molar-refractivity contribution in [1.29, 1.82) is 0 Å². The zero-order valence-corrected chi connectivity index (χ0v) is 12.8. The number of benzene rings is 2. The zero-order chi connectivity index (χ0) is 16.2. The van der Waals surface area contributed by atoms with Gasteiger partial charge in [-0.05, 0) is 12.1 Å². The van der Waals surface area contributed by atoms with E-state index in [2.05, 4.69) is 15.3 Å². The van der Waals surface area contributed by atoms with Crippen molar-refractivity contribution < 1.29 is 0 Å². The molecule has 24 heavy (non-hydrogen) atoms. The molecule has 0 fully saturated rings. The van der Waals surface area contributed by atoms with Gasteiger partial charge in [-0.25, -0.2) is 9.36 Å². The maximum atomic E-state index is 4.74. The first-order chi connectivity index (χ1) is 11.9. The summed E-state index contributed by atoms with van der Waals surface area (Å²) in [5.41, 5.74) is 3.83. The smallest absolute Gasteiger partial charge is 0.141 e. The molecule has 2 heterocycles. The van der Waals surface area contributed by atoms with Gasteiger partial charge in [0.05, 0.1) is 11.9 Å². The Morgan fingerprint density at radius 2 is 1.50 bits per heavy atom. The summed E-state index contributed by atoms with van der Waals surface area (Å²) < 4.78 is 3.41. The first-order valence-corrected chi connectivity index (χ1v) is 7.50. The van der Waals surface area contributed by atoms with E-state index < -0.39 is 0 Å². The van der Waals surface area contributed by atoms with E-state index in [0.29, 0.717) is 0 Å². The Hall–Kier alpha value is -3.54. The summed E-state index contributed by atoms with van der Waals surface area (Å²) in [4.78, 5) is 0. The average Bonchev–Trinajstić information content (AvgIpc) is 3.31. The Morgan fingerprint density at radius 3 is 2.21 bits per heavy atom. The number of para-hydroxylation sites is 1. The maximum Gasteiger partial charge on any atom is 0.141 e. The van der Waals surface area contributed by atoms with Crippen LogP contribution in [0, 0.1) is 0 Å². The van der Waals surface area contributed by atoms with Crippen LogP contribution in [0.3, 0.4) is 0 Å². The summed E-state index contributed by atoms with van der Waals surface area (Å²) in [7, 11) is 0. The summed E-state index contributed by atoms with van der Waals surface area (Å²) in [6.07, 6.45) is 6.81. The fourth-order valence-corrected chi connectivity index (χ4v) is 2.40. The Morgan fingerprint density at radius 1 is 0.833 bits per heavy atom. The summed E-state index contributed by atoms with van der Waals surface area (Å²) in [5, 5.41) is 16.6. The molecule has 0 aliphatic rings. The molecule has 2 aromatic carbocycles. The molecular weight excluding hydrogens is 300 g/mol. The second kappa shape index (κ2) is 6.29. The van der Waals surface area contributed by atoms with Crippen LogP contribution in [0.1, 0.15) is 5.56 Å². The van der Waals surface area contributed by atoms with Gasteiger partial charge < -0.3 is 0 Å². The maximum absolute atomic E-state index is 4.74. The van der Waals surface area contributed by atoms with Crippen LogP contribution in [-0.4, -0.2) is 30.9 Å². The predicted octanol–water partition coefficient (Wildman–Crippen LogP) is 3.01. The molecule has 0 amide bonds. The molecule has 0 aliphatic carbocycles. The molecule has 0 atom stereocenters. The van der Waals surface area contributed by atoms with Crippen molar-refractivity contribution in [2.24, 2.45) is 5.10 Å². The highest BCUT2D eigenvalue weighted by atomic mass is 15.4. The number of aromatic nitrogens is 5. The van der Waals surface area contributed by atoms with Crippen molar-refractivity contribution in [3.8, 4) is 16.9 Å². The molecule has 0 unspecified atom stereocenters. The highest BCUT2D eigenvalue weighted by Gasteiger charge is 2.10. The minimum absolute atomic E-state index is 0.872. The van der Waals surface area contributed by atoms with Gasteiger partial charge in [-0.2, -0.15) is 10.2 Å². The number of rotatable bonds is 4. The zero-order valence-electron chi connectivity index (χ0n) is 12.8. The van der Waals surface area contributed by atoms with Gasteiger partial charge in [0.25, 0.3) is 0 Å². The van der Waals surface area contributed by atoms with Crippen LogP contribution >= 0.6 is 0 Å². The van der Waals surface area contributed by atoms with Crippen molar-refractivity contribution in [2.75, 3.05) is 0 Å². The second-order valence-corrected chi connectivity index (χ2v) is 5.17. The van der Waals surface area contributed by atoms with Gasteiger partial charge in [0.1, 0.15) is 18.3 Å². The van der Waals surface area contributed by atoms with Crippen LogP contribution in [-0.2, 0) is 0 Å². The lowest BCUT2D eigenvalue weighted by atomic mass is 10.1. The molecule has 116 valence electrons. The summed E-state index contributed by atoms with van der Waals surface area (Å²) in [6.45, 7) is 0. The van der Waals surface area contributed by atoms with Crippen molar-refractivity contribution in [3.05, 3.63) is 85.1 Å². The van der Waals surface area contributed by atoms with Crippen LogP contribution in [0.4, 0.5) is 0 Å². The average molecular weight is 314 g/mol. The summed E-state index contributed by atoms with van der Waals surface area (Å²) in [5.74, 6) is 0. The van der Waals surface area contributed by atoms with Crippen LogP contribution in [0.25, 0.3) is 16.9 Å². The topological polar surface area (TPSA) is 60.9 Å². The van der Waals surface area contributed by atoms with E-state index in [1.165, 1.54) is 0 Å². The lowest BCUT2D eigenvalue weighted by Crippen LogP contribution is -1.93. The lowest BCUT2D eigenvalue weighted by molar-refractivity contribution is 0.877. The molecule has 6 nitrogen and oxygen atoms in total. The molecule has 4 rings (SSSR count). The molecule has 0 bridgehead atoms. The molecule has 0 saturated heterocycles. The van der Waals surface area contributed by atoms with Crippen molar-refractivity contribution in [3.63, 3.8) is 0 Å². The van der Waals surface area contributed by atoms with Gasteiger partial charge >= 0.3 is 0 Å². The molecule has 0 N–H and O–H groups in total. The molecule has 0 spiro atoms. The minimum atomic E-state index is 0.872. The summed E-state index contributed by atoms with van der Waals surface area (Å²) >= 11 is 0. The molecule has 2 aromatic heterocycles. The lowest BCUT2D eigenvalue weighted by Gasteiger charge is -2.00. The normalized spacial score (nSPS) is 11.2. The Bertz CT molecular complexity index is 940. The van der Waals surface area contributed by atoms with E-state index in [4.69, 9.17) is 5.10 Å². The van der Waals surface area contributed by atoms with E-state index in [0.717, 1.165) is 22.5 Å². The fraction of sp³-hybridized carbons (Fsp3) is 0. The monoisotopic (exact) mass is 314 g/mol. The highest BCUT2D eigenvalue weighted by Crippen LogP contribution is 2.22. The first kappa shape index (κ1) is 14.1. The molecule has 0 radical (unpaired) electrons. The Balaban J connectivity index is 1.80. The Kier molecular flexibility index (Phi) is 3.69. The predicted molar refractivity (Wildman–Crippen MR) is 92.0 cm³/mol. The third kappa shape index (κ3) is 2.85. The van der Waals surface area contributed by atoms with Gasteiger partial charge in [-0.1, -0.05) is 48.5 Å². The second-order valence-electron chi connectivity index (χ2n) is 5.17. The number of nitrogens with zero attached hydrogens (tertiary/aromatic N) is 6. The molecule has 0 aliphatic heterocycles. The SMILES string of the molecule is C(=N/n1cnnc1)/c1cn(-c2ccccc2)nc1-c1ccccc1. The molecule has 4 aromatic rings. The molecule has 0 saturated carbocycles. The number of hydrogen-bond donors (Lipinski definition) is 0. The summed E-state index contributed by atoms with van der Waals surface area (Å²) in [6, 6.07) is 20.1. The van der Waals surface area contributed by atoms with Crippen LogP contribution in [0.15, 0.2) is 84.6 Å². The standard InChI is InChI=1S/C18H14N6/c1-3-7-15(8-4-1)18-16(11-21-23-13-19-20-14-23)12-24(22-18)17-9-5-2-6-10-17/h1-14H/b21-11-. The van der Waals surface area contributed by atoms with E-state index in [1.807, 2.05) is 71.5 Å². The van der Waals surface area contributed by atoms with Gasteiger partial charge in [0, 0.05) is 17.3 Å². The van der Waals surface area contributed by atoms with E-state index in [1.54, 1.807) is 23.5 Å². The Labute approximate surface area is 138 Å². The van der Waals surface area contributed by atoms with E-state index >= 15 is 0 Å². The van der Waals surface area contributed by atoms with Gasteiger partial charge in [-0.15, -0.1) is 10.2 Å². The highest BCUT2D eigenvalue weighted by molar-refractivity contribution is 5.88. The van der Waals surface area contributed by atoms with Crippen molar-refractivity contribution >= 4 is 6.21 Å². The first-order valence-electron chi connectivity index (χ1n) is 7.50. The van der Waals surface area contributed by atoms with Crippen LogP contribution < -0.4 is 0 Å². The van der Waals surface area contributed by atoms with Crippen molar-refractivity contribution in [1.82, 2.24) is 24.7 Å².